The lowest BCUT2D eigenvalue weighted by molar-refractivity contribution is -0.313. The third-order valence-corrected chi connectivity index (χ3v) is 21.6. The molecule has 38 nitrogen and oxygen atoms in total. The smallest absolute Gasteiger partial charge is 0.330 e. The number of nitrogens with two attached hydrogens (primary N) is 1. The third kappa shape index (κ3) is 17.4. The predicted molar refractivity (Wildman–Crippen MR) is 403 cm³/mol. The van der Waals surface area contributed by atoms with Crippen molar-refractivity contribution in [1.29, 1.82) is 0 Å². The van der Waals surface area contributed by atoms with E-state index < -0.39 is 290 Å². The van der Waals surface area contributed by atoms with E-state index in [0.29, 0.717) is 0 Å². The van der Waals surface area contributed by atoms with E-state index in [9.17, 15) is 81.4 Å². The number of benzene rings is 7. The molecule has 118 heavy (non-hydrogen) atoms. The number of carbonyl (C=O) groups excluding carboxylic acids is 6. The van der Waals surface area contributed by atoms with Crippen molar-refractivity contribution in [3.05, 3.63) is 175 Å². The third-order valence-electron chi connectivity index (χ3n) is 20.7. The normalized spacial score (nSPS) is 30.1. The average Bonchev–Trinajstić information content (AvgIpc) is 0.763. The molecule has 8 heterocycles. The molecular weight excluding hydrogens is 1620 g/mol. The zero-order chi connectivity index (χ0) is 84.9. The summed E-state index contributed by atoms with van der Waals surface area (Å²) in [5.74, 6) is -16.6. The zero-order valence-electron chi connectivity index (χ0n) is 61.5. The van der Waals surface area contributed by atoms with Crippen molar-refractivity contribution >= 4 is 76.2 Å². The first-order valence-corrected chi connectivity index (χ1v) is 37.5. The Balaban J connectivity index is 1.08. The summed E-state index contributed by atoms with van der Waals surface area (Å²) in [6.07, 6.45) is -29.0. The van der Waals surface area contributed by atoms with E-state index in [2.05, 4.69) is 37.2 Å². The van der Waals surface area contributed by atoms with E-state index in [1.54, 1.807) is 0 Å². The number of carboxylic acids is 1. The molecule has 11 bridgehead atoms. The molecule has 0 spiro atoms. The van der Waals surface area contributed by atoms with Gasteiger partial charge in [0.05, 0.1) is 40.5 Å². The second-order valence-corrected chi connectivity index (χ2v) is 29.7. The van der Waals surface area contributed by atoms with Crippen molar-refractivity contribution < 1.29 is 148 Å². The number of aliphatic hydroxyl groups excluding tert-OH is 9. The standard InChI is InChI=1S/C77H79Cl3N8O30/c1-26-59(96)40(81)23-50(111-26)116-66-30-7-13-44(38(79)17-30)112-46-19-32-20-47(68(46)118-77-65(102)63(100)61(98)49(25-90)115-77)113-45-14-8-31(18-39(45)80)67(117-76-64(101)62(99)60(97)48(24-89)114-76)58(87-69(103)52(82-2)27-3-9-33(91)10-4-27)73(107)84-54(29-6-12-42(94)37(78)16-29)70(104)85-55(32)72(106)83-53-28-5-11-41(93)35(15-28)51-36(21-34(92)22-43(51)95)56(75(109)110)86-74(108)57(66)88-71(53)105/h3-22,26,40,48-50,52-67,76-77,82,89-102H,23-25,81H2,1-2H3,(H,83,106)(H,84,107)(H,85,104)(H,86,108)(H,87,103)(H,88,105)(H,109,110). The van der Waals surface area contributed by atoms with Gasteiger partial charge in [-0.1, -0.05) is 71.2 Å². The van der Waals surface area contributed by atoms with Crippen molar-refractivity contribution in [2.24, 2.45) is 5.73 Å². The highest BCUT2D eigenvalue weighted by Gasteiger charge is 2.51. The van der Waals surface area contributed by atoms with Gasteiger partial charge in [-0.25, -0.2) is 4.79 Å². The van der Waals surface area contributed by atoms with Crippen LogP contribution in [0, 0.1) is 0 Å². The molecule has 24 N–H and O–H groups in total. The molecule has 0 radical (unpaired) electrons. The molecule has 6 amide bonds. The van der Waals surface area contributed by atoms with Crippen LogP contribution in [-0.4, -0.2) is 236 Å². The van der Waals surface area contributed by atoms with Crippen LogP contribution in [-0.2, 0) is 57.2 Å². The van der Waals surface area contributed by atoms with Gasteiger partial charge < -0.3 is 157 Å². The maximum Gasteiger partial charge on any atom is 0.330 e. The Morgan fingerprint density at radius 1 is 0.525 bits per heavy atom. The highest BCUT2D eigenvalue weighted by Crippen LogP contribution is 2.51. The van der Waals surface area contributed by atoms with Gasteiger partial charge in [0.25, 0.3) is 0 Å². The van der Waals surface area contributed by atoms with E-state index in [0.717, 1.165) is 91.0 Å². The van der Waals surface area contributed by atoms with Crippen molar-refractivity contribution in [3.63, 3.8) is 0 Å². The number of hydrogen-bond donors (Lipinski definition) is 23. The maximum atomic E-state index is 16.6. The fourth-order valence-electron chi connectivity index (χ4n) is 14.5. The predicted octanol–water partition coefficient (Wildman–Crippen LogP) is 0.429. The summed E-state index contributed by atoms with van der Waals surface area (Å²) in [6.45, 7) is -0.602. The van der Waals surface area contributed by atoms with Gasteiger partial charge in [-0.15, -0.1) is 0 Å². The summed E-state index contributed by atoms with van der Waals surface area (Å²) in [7, 11) is 1.34. The molecule has 41 heteroatoms. The Morgan fingerprint density at radius 3 is 1.61 bits per heavy atom. The minimum absolute atomic E-state index is 0.161. The minimum Gasteiger partial charge on any atom is -0.508 e. The van der Waals surface area contributed by atoms with Gasteiger partial charge >= 0.3 is 5.97 Å². The molecule has 3 fully saturated rings. The second kappa shape index (κ2) is 35.2. The van der Waals surface area contributed by atoms with Gasteiger partial charge in [0.2, 0.25) is 47.5 Å². The quantitative estimate of drug-likeness (QED) is 0.0702. The Morgan fingerprint density at radius 2 is 1.05 bits per heavy atom. The molecule has 15 rings (SSSR count). The summed E-state index contributed by atoms with van der Waals surface area (Å²) in [4.78, 5) is 110. The molecule has 8 aliphatic heterocycles. The molecule has 23 unspecified atom stereocenters. The second-order valence-electron chi connectivity index (χ2n) is 28.5. The number of nitrogens with one attached hydrogen (secondary N) is 7. The molecule has 3 saturated heterocycles. The molecule has 23 atom stereocenters. The summed E-state index contributed by atoms with van der Waals surface area (Å²) in [5.41, 5.74) is 3.12. The summed E-state index contributed by atoms with van der Waals surface area (Å²) in [5, 5.41) is 183. The lowest BCUT2D eigenvalue weighted by atomic mass is 9.89. The van der Waals surface area contributed by atoms with Crippen molar-refractivity contribution in [2.75, 3.05) is 20.3 Å². The Bertz CT molecular complexity index is 5000. The topological polar surface area (TPSA) is 607 Å². The Hall–Kier alpha value is -10.5. The van der Waals surface area contributed by atoms with Crippen LogP contribution in [0.2, 0.25) is 15.1 Å². The van der Waals surface area contributed by atoms with Crippen LogP contribution in [0.3, 0.4) is 0 Å². The summed E-state index contributed by atoms with van der Waals surface area (Å²) in [6, 6.07) is 5.11. The largest absolute Gasteiger partial charge is 0.508 e. The number of aromatic hydroxyl groups is 5. The number of phenolic OH excluding ortho intramolecular Hbond substituents is 5. The van der Waals surface area contributed by atoms with E-state index in [-0.39, 0.29) is 34.4 Å². The average molecular weight is 1700 g/mol. The Kier molecular flexibility index (Phi) is 25.4. The van der Waals surface area contributed by atoms with Crippen LogP contribution >= 0.6 is 34.8 Å². The number of rotatable bonds is 14. The van der Waals surface area contributed by atoms with Gasteiger partial charge in [-0.3, -0.25) is 28.8 Å². The first kappa shape index (κ1) is 85.3. The fourth-order valence-corrected chi connectivity index (χ4v) is 15.1. The van der Waals surface area contributed by atoms with Gasteiger partial charge in [0.15, 0.2) is 30.1 Å². The molecule has 628 valence electrons. The lowest BCUT2D eigenvalue weighted by Gasteiger charge is -2.42. The fraction of sp³-hybridized carbons (Fsp3) is 0.364. The molecule has 8 aliphatic rings. The SMILES string of the molecule is CNC(C(=O)NC1C(=O)NC(c2ccc(O)c(Cl)c2)C(=O)NC2C(=O)NC3C(=O)NC(C(=O)NC(C(=O)O)c4cc(O)cc(O)c4-c4cc3ccc4O)C(OC3CC(N)C(O)C(C)O3)c3ccc(c(Cl)c3)Oc3cc2cc(c3OC2OC(CO)C(O)C(O)C2O)Oc2ccc(cc2Cl)C1OC1OC(CO)C(O)C(O)C1O)c1ccc(O)cc1. The Labute approximate surface area is 682 Å². The van der Waals surface area contributed by atoms with E-state index >= 15 is 28.8 Å². The van der Waals surface area contributed by atoms with Gasteiger partial charge in [0, 0.05) is 35.2 Å². The number of phenols is 5. The number of halogens is 3. The monoisotopic (exact) mass is 1700 g/mol. The van der Waals surface area contributed by atoms with Gasteiger partial charge in [0.1, 0.15) is 138 Å². The van der Waals surface area contributed by atoms with Crippen LogP contribution in [0.15, 0.2) is 121 Å². The van der Waals surface area contributed by atoms with Gasteiger partial charge in [-0.05, 0) is 126 Å². The lowest BCUT2D eigenvalue weighted by Crippen LogP contribution is -2.61. The van der Waals surface area contributed by atoms with Gasteiger partial charge in [-0.2, -0.15) is 0 Å². The molecule has 0 saturated carbocycles. The number of amides is 6. The van der Waals surface area contributed by atoms with Crippen LogP contribution in [0.25, 0.3) is 11.1 Å². The molecule has 0 aromatic heterocycles. The number of carboxylic acid groups (broad SMARTS) is 1. The van der Waals surface area contributed by atoms with Crippen LogP contribution < -0.4 is 57.2 Å². The van der Waals surface area contributed by atoms with Crippen molar-refractivity contribution in [3.8, 4) is 68.6 Å². The number of aliphatic hydroxyl groups is 9. The van der Waals surface area contributed by atoms with Crippen LogP contribution in [0.4, 0.5) is 0 Å². The molecule has 7 aromatic rings. The van der Waals surface area contributed by atoms with Crippen molar-refractivity contribution in [2.45, 2.75) is 154 Å². The highest BCUT2D eigenvalue weighted by molar-refractivity contribution is 6.33. The number of hydrogen-bond acceptors (Lipinski definition) is 31. The number of likely N-dealkylation sites (N-methyl/N-ethyl adjacent to an activating group) is 1. The number of carbonyl (C=O) groups is 7. The van der Waals surface area contributed by atoms with Crippen molar-refractivity contribution in [1.82, 2.24) is 37.2 Å². The van der Waals surface area contributed by atoms with E-state index in [1.165, 1.54) is 44.3 Å². The first-order chi connectivity index (χ1) is 56.1. The summed E-state index contributed by atoms with van der Waals surface area (Å²) >= 11 is 21.2. The van der Waals surface area contributed by atoms with Crippen LogP contribution in [0.1, 0.15) is 94.7 Å². The molecular formula is C77H79Cl3N8O30. The zero-order valence-corrected chi connectivity index (χ0v) is 63.8. The van der Waals surface area contributed by atoms with E-state index in [4.69, 9.17) is 78.4 Å². The summed E-state index contributed by atoms with van der Waals surface area (Å²) < 4.78 is 50.6. The molecule has 0 aliphatic carbocycles. The highest BCUT2D eigenvalue weighted by atomic mass is 35.5. The van der Waals surface area contributed by atoms with E-state index in [1.807, 2.05) is 0 Å². The number of ether oxygens (including phenoxy) is 8. The number of fused-ring (bicyclic) bond motifs is 15. The number of aliphatic carboxylic acids is 1. The maximum absolute atomic E-state index is 16.6. The van der Waals surface area contributed by atoms with Crippen LogP contribution in [0.5, 0.6) is 57.5 Å². The molecule has 7 aromatic carbocycles. The first-order valence-electron chi connectivity index (χ1n) is 36.3. The minimum atomic E-state index is -2.46.